The van der Waals surface area contributed by atoms with Crippen molar-refractivity contribution in [2.75, 3.05) is 13.2 Å². The summed E-state index contributed by atoms with van der Waals surface area (Å²) in [5.74, 6) is -1.41. The number of carbonyl (C=O) groups is 2. The third-order valence-electron chi connectivity index (χ3n) is 4.16. The molecule has 1 amide bonds. The average molecular weight is 295 g/mol. The molecule has 1 aromatic heterocycles. The Balaban J connectivity index is 1.79. The summed E-state index contributed by atoms with van der Waals surface area (Å²) in [5, 5.41) is 14.1. The fraction of sp³-hybridized carbons (Fsp3) is 0.571. The van der Waals surface area contributed by atoms with E-state index in [1.165, 1.54) is 4.88 Å². The lowest BCUT2D eigenvalue weighted by Crippen LogP contribution is -2.56. The van der Waals surface area contributed by atoms with Crippen LogP contribution < -0.4 is 5.32 Å². The van der Waals surface area contributed by atoms with E-state index in [-0.39, 0.29) is 18.4 Å². The van der Waals surface area contributed by atoms with Gasteiger partial charge in [-0.25, -0.2) is 4.79 Å². The molecule has 1 aromatic rings. The van der Waals surface area contributed by atoms with E-state index in [0.29, 0.717) is 13.0 Å². The number of amides is 1. The SMILES string of the molecule is O=C(NC1(C(=O)O)CCOC1)C1CCCc2sccc21. The van der Waals surface area contributed by atoms with Crippen LogP contribution in [0.4, 0.5) is 0 Å². The molecule has 2 N–H and O–H groups in total. The maximum Gasteiger partial charge on any atom is 0.331 e. The quantitative estimate of drug-likeness (QED) is 0.886. The van der Waals surface area contributed by atoms with Crippen molar-refractivity contribution in [1.29, 1.82) is 0 Å². The zero-order valence-electron chi connectivity index (χ0n) is 11.1. The van der Waals surface area contributed by atoms with Crippen LogP contribution in [-0.4, -0.2) is 35.7 Å². The molecule has 3 rings (SSSR count). The van der Waals surface area contributed by atoms with Gasteiger partial charge in [0.05, 0.1) is 12.5 Å². The number of fused-ring (bicyclic) bond motifs is 1. The van der Waals surface area contributed by atoms with E-state index in [1.807, 2.05) is 11.4 Å². The molecule has 1 fully saturated rings. The molecule has 108 valence electrons. The van der Waals surface area contributed by atoms with Crippen molar-refractivity contribution < 1.29 is 19.4 Å². The number of nitrogens with one attached hydrogen (secondary N) is 1. The van der Waals surface area contributed by atoms with E-state index in [2.05, 4.69) is 5.32 Å². The van der Waals surface area contributed by atoms with Crippen molar-refractivity contribution in [2.45, 2.75) is 37.1 Å². The van der Waals surface area contributed by atoms with E-state index in [0.717, 1.165) is 24.8 Å². The van der Waals surface area contributed by atoms with Gasteiger partial charge in [-0.15, -0.1) is 11.3 Å². The van der Waals surface area contributed by atoms with Crippen molar-refractivity contribution in [3.8, 4) is 0 Å². The summed E-state index contributed by atoms with van der Waals surface area (Å²) in [4.78, 5) is 25.2. The van der Waals surface area contributed by atoms with Crippen molar-refractivity contribution in [3.63, 3.8) is 0 Å². The highest BCUT2D eigenvalue weighted by Crippen LogP contribution is 2.35. The van der Waals surface area contributed by atoms with E-state index in [9.17, 15) is 14.7 Å². The Labute approximate surface area is 120 Å². The van der Waals surface area contributed by atoms with Crippen molar-refractivity contribution in [3.05, 3.63) is 21.9 Å². The Kier molecular flexibility index (Phi) is 3.52. The number of aryl methyl sites for hydroxylation is 1. The molecule has 2 aliphatic rings. The molecule has 20 heavy (non-hydrogen) atoms. The first-order chi connectivity index (χ1) is 9.62. The molecule has 1 aliphatic heterocycles. The van der Waals surface area contributed by atoms with Gasteiger partial charge in [-0.2, -0.15) is 0 Å². The summed E-state index contributed by atoms with van der Waals surface area (Å²) in [6, 6.07) is 1.99. The minimum absolute atomic E-state index is 0.0529. The molecule has 6 heteroatoms. The van der Waals surface area contributed by atoms with Crippen LogP contribution in [0.25, 0.3) is 0 Å². The van der Waals surface area contributed by atoms with Crippen LogP contribution in [0.1, 0.15) is 35.6 Å². The molecule has 1 aliphatic carbocycles. The Bertz CT molecular complexity index is 533. The smallest absolute Gasteiger partial charge is 0.331 e. The zero-order chi connectivity index (χ0) is 14.2. The van der Waals surface area contributed by atoms with E-state index in [4.69, 9.17) is 4.74 Å². The summed E-state index contributed by atoms with van der Waals surface area (Å²) >= 11 is 1.67. The van der Waals surface area contributed by atoms with Gasteiger partial charge in [0.25, 0.3) is 0 Å². The Morgan fingerprint density at radius 1 is 1.50 bits per heavy atom. The number of hydrogen-bond acceptors (Lipinski definition) is 4. The van der Waals surface area contributed by atoms with E-state index in [1.54, 1.807) is 11.3 Å². The normalized spacial score (nSPS) is 28.9. The second-order valence-electron chi connectivity index (χ2n) is 5.42. The maximum absolute atomic E-state index is 12.5. The van der Waals surface area contributed by atoms with Gasteiger partial charge in [-0.1, -0.05) is 0 Å². The summed E-state index contributed by atoms with van der Waals surface area (Å²) in [7, 11) is 0. The zero-order valence-corrected chi connectivity index (χ0v) is 11.9. The van der Waals surface area contributed by atoms with Gasteiger partial charge in [0.1, 0.15) is 0 Å². The lowest BCUT2D eigenvalue weighted by Gasteiger charge is -2.28. The molecule has 0 aromatic carbocycles. The van der Waals surface area contributed by atoms with Crippen molar-refractivity contribution in [2.24, 2.45) is 0 Å². The molecular formula is C14H17NO4S. The number of carboxylic acid groups (broad SMARTS) is 1. The second-order valence-corrected chi connectivity index (χ2v) is 6.42. The molecule has 0 saturated carbocycles. The van der Waals surface area contributed by atoms with Gasteiger partial charge >= 0.3 is 5.97 Å². The number of rotatable bonds is 3. The van der Waals surface area contributed by atoms with Gasteiger partial charge in [-0.3, -0.25) is 4.79 Å². The van der Waals surface area contributed by atoms with Crippen LogP contribution in [0, 0.1) is 0 Å². The predicted octanol–water partition coefficient (Wildman–Crippen LogP) is 1.53. The number of carbonyl (C=O) groups excluding carboxylic acids is 1. The topological polar surface area (TPSA) is 75.6 Å². The van der Waals surface area contributed by atoms with Crippen molar-refractivity contribution in [1.82, 2.24) is 5.32 Å². The predicted molar refractivity (Wildman–Crippen MR) is 73.9 cm³/mol. The third kappa shape index (κ3) is 2.23. The largest absolute Gasteiger partial charge is 0.479 e. The van der Waals surface area contributed by atoms with Crippen LogP contribution in [0.2, 0.25) is 0 Å². The number of thiophene rings is 1. The van der Waals surface area contributed by atoms with Crippen LogP contribution in [-0.2, 0) is 20.7 Å². The molecule has 2 atom stereocenters. The number of carboxylic acids is 1. The fourth-order valence-electron chi connectivity index (χ4n) is 2.97. The summed E-state index contributed by atoms with van der Waals surface area (Å²) in [6.45, 7) is 0.429. The Morgan fingerprint density at radius 2 is 2.35 bits per heavy atom. The van der Waals surface area contributed by atoms with E-state index < -0.39 is 11.5 Å². The lowest BCUT2D eigenvalue weighted by molar-refractivity contribution is -0.148. The first-order valence-electron chi connectivity index (χ1n) is 6.82. The van der Waals surface area contributed by atoms with Crippen LogP contribution in [0.15, 0.2) is 11.4 Å². The molecule has 2 unspecified atom stereocenters. The number of aliphatic carboxylic acids is 1. The fourth-order valence-corrected chi connectivity index (χ4v) is 3.95. The minimum Gasteiger partial charge on any atom is -0.479 e. The number of ether oxygens (including phenoxy) is 1. The Hall–Kier alpha value is -1.40. The van der Waals surface area contributed by atoms with Gasteiger partial charge in [-0.05, 0) is 36.3 Å². The Morgan fingerprint density at radius 3 is 3.05 bits per heavy atom. The second kappa shape index (κ2) is 5.18. The lowest BCUT2D eigenvalue weighted by atomic mass is 9.86. The van der Waals surface area contributed by atoms with Gasteiger partial charge in [0, 0.05) is 17.9 Å². The monoisotopic (exact) mass is 295 g/mol. The minimum atomic E-state index is -1.25. The molecule has 0 radical (unpaired) electrons. The first-order valence-corrected chi connectivity index (χ1v) is 7.70. The molecule has 0 bridgehead atoms. The van der Waals surface area contributed by atoms with E-state index >= 15 is 0 Å². The van der Waals surface area contributed by atoms with Gasteiger partial charge < -0.3 is 15.2 Å². The highest BCUT2D eigenvalue weighted by atomic mass is 32.1. The standard InChI is InChI=1S/C14H17NO4S/c16-12(15-14(13(17)18)5-6-19-8-14)10-2-1-3-11-9(10)4-7-20-11/h4,7,10H,1-3,5-6,8H2,(H,15,16)(H,17,18). The summed E-state index contributed by atoms with van der Waals surface area (Å²) < 4.78 is 5.17. The van der Waals surface area contributed by atoms with Crippen LogP contribution >= 0.6 is 11.3 Å². The highest BCUT2D eigenvalue weighted by molar-refractivity contribution is 7.10. The van der Waals surface area contributed by atoms with Gasteiger partial charge in [0.2, 0.25) is 5.91 Å². The molecule has 0 spiro atoms. The molecule has 2 heterocycles. The summed E-state index contributed by atoms with van der Waals surface area (Å²) in [5.41, 5.74) is -0.178. The number of hydrogen-bond donors (Lipinski definition) is 2. The third-order valence-corrected chi connectivity index (χ3v) is 5.16. The first kappa shape index (κ1) is 13.6. The highest BCUT2D eigenvalue weighted by Gasteiger charge is 2.45. The average Bonchev–Trinajstić information content (AvgIpc) is 3.06. The molecule has 1 saturated heterocycles. The molecule has 5 nitrogen and oxygen atoms in total. The van der Waals surface area contributed by atoms with Crippen molar-refractivity contribution >= 4 is 23.2 Å². The molecular weight excluding hydrogens is 278 g/mol. The van der Waals surface area contributed by atoms with Crippen LogP contribution in [0.5, 0.6) is 0 Å². The summed E-state index contributed by atoms with van der Waals surface area (Å²) in [6.07, 6.45) is 3.11. The maximum atomic E-state index is 12.5. The van der Waals surface area contributed by atoms with Gasteiger partial charge in [0.15, 0.2) is 5.54 Å². The van der Waals surface area contributed by atoms with Crippen LogP contribution in [0.3, 0.4) is 0 Å².